The molecule has 0 unspecified atom stereocenters. The van der Waals surface area contributed by atoms with Gasteiger partial charge in [-0.25, -0.2) is 5.43 Å². The van der Waals surface area contributed by atoms with Crippen LogP contribution in [0.15, 0.2) is 58.0 Å². The number of nitrogens with zero attached hydrogens (tertiary/aromatic N) is 2. The Kier molecular flexibility index (Phi) is 10.1. The monoisotopic (exact) mass is 574 g/mol. The van der Waals surface area contributed by atoms with Crippen molar-refractivity contribution in [1.82, 2.24) is 10.7 Å². The number of furan rings is 1. The maximum absolute atomic E-state index is 12.8. The van der Waals surface area contributed by atoms with Gasteiger partial charge in [-0.15, -0.1) is 0 Å². The highest BCUT2D eigenvalue weighted by atomic mass is 35.5. The lowest BCUT2D eigenvalue weighted by Gasteiger charge is -2.22. The summed E-state index contributed by atoms with van der Waals surface area (Å²) >= 11 is 12.0. The second-order valence-corrected chi connectivity index (χ2v) is 10.1. The Morgan fingerprint density at radius 3 is 2.49 bits per heavy atom. The molecule has 10 nitrogen and oxygen atoms in total. The van der Waals surface area contributed by atoms with Crippen molar-refractivity contribution in [2.45, 2.75) is 46.3 Å². The second kappa shape index (κ2) is 13.3. The average Bonchev–Trinajstić information content (AvgIpc) is 3.33. The van der Waals surface area contributed by atoms with Crippen LogP contribution in [-0.2, 0) is 9.59 Å². The largest absolute Gasteiger partial charge is 0.479 e. The van der Waals surface area contributed by atoms with E-state index in [1.54, 1.807) is 44.2 Å². The van der Waals surface area contributed by atoms with Gasteiger partial charge in [0.05, 0.1) is 16.2 Å². The Morgan fingerprint density at radius 1 is 1.10 bits per heavy atom. The van der Waals surface area contributed by atoms with Crippen LogP contribution in [0.4, 0.5) is 5.69 Å². The zero-order chi connectivity index (χ0) is 28.7. The van der Waals surface area contributed by atoms with E-state index in [1.165, 1.54) is 24.4 Å². The first-order chi connectivity index (χ1) is 18.4. The van der Waals surface area contributed by atoms with Gasteiger partial charge in [0, 0.05) is 22.7 Å². The number of benzene rings is 2. The van der Waals surface area contributed by atoms with Crippen LogP contribution in [0.25, 0.3) is 11.3 Å². The van der Waals surface area contributed by atoms with Crippen molar-refractivity contribution in [3.05, 3.63) is 80.0 Å². The maximum Gasteiger partial charge on any atom is 0.269 e. The van der Waals surface area contributed by atoms with E-state index in [0.29, 0.717) is 39.8 Å². The normalized spacial score (nSPS) is 12.8. The number of carbonyl (C=O) groups excluding carboxylic acids is 2. The van der Waals surface area contributed by atoms with E-state index in [2.05, 4.69) is 15.8 Å². The lowest BCUT2D eigenvalue weighted by molar-refractivity contribution is -0.384. The van der Waals surface area contributed by atoms with Crippen LogP contribution in [0.2, 0.25) is 10.0 Å². The Labute approximate surface area is 235 Å². The molecule has 2 atom stereocenters. The summed E-state index contributed by atoms with van der Waals surface area (Å²) in [6.45, 7) is 7.14. The molecule has 0 aliphatic rings. The van der Waals surface area contributed by atoms with Crippen molar-refractivity contribution in [2.24, 2.45) is 11.0 Å². The molecular weight excluding hydrogens is 547 g/mol. The summed E-state index contributed by atoms with van der Waals surface area (Å²) in [7, 11) is 0. The number of nitro benzene ring substituents is 1. The third-order valence-corrected chi connectivity index (χ3v) is 6.12. The van der Waals surface area contributed by atoms with Gasteiger partial charge in [-0.1, -0.05) is 37.0 Å². The lowest BCUT2D eigenvalue weighted by atomic mass is 10.0. The molecule has 0 bridgehead atoms. The Morgan fingerprint density at radius 2 is 1.85 bits per heavy atom. The van der Waals surface area contributed by atoms with E-state index < -0.39 is 28.9 Å². The van der Waals surface area contributed by atoms with Gasteiger partial charge in [0.15, 0.2) is 6.10 Å². The van der Waals surface area contributed by atoms with E-state index >= 15 is 0 Å². The average molecular weight is 575 g/mol. The smallest absolute Gasteiger partial charge is 0.269 e. The molecule has 3 rings (SSSR count). The zero-order valence-electron chi connectivity index (χ0n) is 21.7. The van der Waals surface area contributed by atoms with E-state index in [4.69, 9.17) is 32.4 Å². The summed E-state index contributed by atoms with van der Waals surface area (Å²) < 4.78 is 11.4. The molecule has 1 aromatic heterocycles. The van der Waals surface area contributed by atoms with E-state index in [0.717, 1.165) is 0 Å². The van der Waals surface area contributed by atoms with E-state index in [1.807, 2.05) is 13.8 Å². The van der Waals surface area contributed by atoms with Crippen LogP contribution >= 0.6 is 23.2 Å². The van der Waals surface area contributed by atoms with Gasteiger partial charge in [0.25, 0.3) is 17.5 Å². The molecule has 0 saturated carbocycles. The fraction of sp³-hybridized carbons (Fsp3) is 0.296. The summed E-state index contributed by atoms with van der Waals surface area (Å²) in [4.78, 5) is 36.1. The standard InChI is InChI=1S/C27H28Cl2N4O6/c1-15(2)11-23(31-26(34)17(4)38-25-9-5-18(28)13-22(25)29)27(35)32-30-14-20-7-10-24(39-20)21-8-6-19(33(36)37)12-16(21)3/h5-10,12-15,17,23H,11H2,1-4H3,(H,31,34)(H,32,35)/b30-14-/t17-,23-/m0/s1. The summed E-state index contributed by atoms with van der Waals surface area (Å²) in [5, 5.41) is 18.3. The minimum atomic E-state index is -0.931. The summed E-state index contributed by atoms with van der Waals surface area (Å²) in [5.41, 5.74) is 3.80. The quantitative estimate of drug-likeness (QED) is 0.166. The molecule has 2 amide bonds. The zero-order valence-corrected chi connectivity index (χ0v) is 23.2. The van der Waals surface area contributed by atoms with Crippen LogP contribution in [-0.4, -0.2) is 35.1 Å². The van der Waals surface area contributed by atoms with Crippen LogP contribution < -0.4 is 15.5 Å². The first-order valence-corrected chi connectivity index (χ1v) is 12.8. The fourth-order valence-corrected chi connectivity index (χ4v) is 4.10. The Balaban J connectivity index is 1.62. The van der Waals surface area contributed by atoms with Gasteiger partial charge in [0.1, 0.15) is 23.3 Å². The number of amides is 2. The van der Waals surface area contributed by atoms with Gasteiger partial charge in [-0.2, -0.15) is 5.10 Å². The number of non-ortho nitro benzene ring substituents is 1. The molecule has 0 aliphatic carbocycles. The van der Waals surface area contributed by atoms with Crippen molar-refractivity contribution in [1.29, 1.82) is 0 Å². The minimum absolute atomic E-state index is 0.00918. The molecule has 12 heteroatoms. The number of nitrogens with one attached hydrogen (secondary N) is 2. The van der Waals surface area contributed by atoms with Gasteiger partial charge >= 0.3 is 0 Å². The summed E-state index contributed by atoms with van der Waals surface area (Å²) in [5.74, 6) is 0.233. The highest BCUT2D eigenvalue weighted by Crippen LogP contribution is 2.29. The molecule has 0 radical (unpaired) electrons. The highest BCUT2D eigenvalue weighted by Gasteiger charge is 2.25. The SMILES string of the molecule is Cc1cc([N+](=O)[O-])ccc1-c1ccc(/C=N\NC(=O)[C@H](CC(C)C)NC(=O)[C@H](C)Oc2ccc(Cl)cc2Cl)o1. The van der Waals surface area contributed by atoms with Crippen LogP contribution in [0.3, 0.4) is 0 Å². The molecule has 0 spiro atoms. The predicted octanol–water partition coefficient (Wildman–Crippen LogP) is 5.92. The van der Waals surface area contributed by atoms with Gasteiger partial charge in [0.2, 0.25) is 0 Å². The number of carbonyl (C=O) groups is 2. The maximum atomic E-state index is 12.8. The number of nitro groups is 1. The number of ether oxygens (including phenoxy) is 1. The first kappa shape index (κ1) is 29.7. The summed E-state index contributed by atoms with van der Waals surface area (Å²) in [6, 6.07) is 11.6. The molecule has 0 aliphatic heterocycles. The van der Waals surface area contributed by atoms with E-state index in [-0.39, 0.29) is 16.6 Å². The predicted molar refractivity (Wildman–Crippen MR) is 149 cm³/mol. The van der Waals surface area contributed by atoms with Crippen molar-refractivity contribution >= 4 is 46.9 Å². The number of hydrogen-bond donors (Lipinski definition) is 2. The van der Waals surface area contributed by atoms with Crippen LogP contribution in [0.1, 0.15) is 38.5 Å². The molecule has 206 valence electrons. The molecule has 2 aromatic carbocycles. The topological polar surface area (TPSA) is 136 Å². The third-order valence-electron chi connectivity index (χ3n) is 5.59. The number of aryl methyl sites for hydroxylation is 1. The lowest BCUT2D eigenvalue weighted by Crippen LogP contribution is -2.49. The van der Waals surface area contributed by atoms with Gasteiger partial charge in [-0.05, 0) is 68.1 Å². The molecule has 3 aromatic rings. The Hall–Kier alpha value is -3.89. The van der Waals surface area contributed by atoms with Crippen LogP contribution in [0, 0.1) is 23.0 Å². The van der Waals surface area contributed by atoms with Gasteiger partial charge < -0.3 is 14.5 Å². The number of rotatable bonds is 11. The van der Waals surface area contributed by atoms with Crippen molar-refractivity contribution in [3.8, 4) is 17.1 Å². The number of halogens is 2. The second-order valence-electron chi connectivity index (χ2n) is 9.22. The minimum Gasteiger partial charge on any atom is -0.479 e. The fourth-order valence-electron chi connectivity index (χ4n) is 3.65. The van der Waals surface area contributed by atoms with Crippen molar-refractivity contribution in [3.63, 3.8) is 0 Å². The Bertz CT molecular complexity index is 1390. The van der Waals surface area contributed by atoms with Crippen molar-refractivity contribution in [2.75, 3.05) is 0 Å². The molecule has 2 N–H and O–H groups in total. The molecule has 39 heavy (non-hydrogen) atoms. The third kappa shape index (κ3) is 8.30. The molecular formula is C27H28Cl2N4O6. The highest BCUT2D eigenvalue weighted by molar-refractivity contribution is 6.35. The summed E-state index contributed by atoms with van der Waals surface area (Å²) in [6.07, 6.45) is 0.760. The van der Waals surface area contributed by atoms with Crippen LogP contribution in [0.5, 0.6) is 5.75 Å². The molecule has 0 fully saturated rings. The van der Waals surface area contributed by atoms with Crippen molar-refractivity contribution < 1.29 is 23.7 Å². The first-order valence-electron chi connectivity index (χ1n) is 12.0. The number of hydrogen-bond acceptors (Lipinski definition) is 7. The van der Waals surface area contributed by atoms with Gasteiger partial charge in [-0.3, -0.25) is 19.7 Å². The molecule has 1 heterocycles. The number of hydrazone groups is 1. The van der Waals surface area contributed by atoms with E-state index in [9.17, 15) is 19.7 Å². The molecule has 0 saturated heterocycles.